The van der Waals surface area contributed by atoms with Crippen LogP contribution in [0, 0.1) is 12.7 Å². The lowest BCUT2D eigenvalue weighted by atomic mass is 10.2. The molecule has 2 heterocycles. The number of hydrogen-bond acceptors (Lipinski definition) is 3. The molecule has 0 aliphatic heterocycles. The number of carbonyl (C=O) groups is 1. The van der Waals surface area contributed by atoms with E-state index in [1.807, 2.05) is 6.92 Å². The summed E-state index contributed by atoms with van der Waals surface area (Å²) >= 11 is 0. The molecule has 1 N–H and O–H groups in total. The average Bonchev–Trinajstić information content (AvgIpc) is 2.85. The number of hydrogen-bond donors (Lipinski definition) is 1. The number of rotatable bonds is 3. The molecule has 0 aliphatic rings. The summed E-state index contributed by atoms with van der Waals surface area (Å²) in [5.41, 5.74) is 2.69. The number of nitrogens with zero attached hydrogens (tertiary/aromatic N) is 3. The number of nitrogens with one attached hydrogen (secondary N) is 1. The largest absolute Gasteiger partial charge is 0.321 e. The van der Waals surface area contributed by atoms with Crippen LogP contribution >= 0.6 is 0 Å². The molecule has 6 heteroatoms. The number of carbonyl (C=O) groups excluding carboxylic acids is 1. The molecule has 0 aliphatic carbocycles. The van der Waals surface area contributed by atoms with Gasteiger partial charge in [0.2, 0.25) is 5.91 Å². The van der Waals surface area contributed by atoms with Gasteiger partial charge in [-0.05, 0) is 43.3 Å². The van der Waals surface area contributed by atoms with Crippen molar-refractivity contribution < 1.29 is 9.18 Å². The Morgan fingerprint density at radius 2 is 2.09 bits per heavy atom. The third-order valence-electron chi connectivity index (χ3n) is 3.23. The summed E-state index contributed by atoms with van der Waals surface area (Å²) in [6.07, 6.45) is 2.74. The van der Waals surface area contributed by atoms with Gasteiger partial charge in [0, 0.05) is 5.39 Å². The van der Waals surface area contributed by atoms with Crippen molar-refractivity contribution in [3.63, 3.8) is 0 Å². The van der Waals surface area contributed by atoms with Crippen LogP contribution in [-0.2, 0) is 4.79 Å². The number of anilines is 1. The van der Waals surface area contributed by atoms with Gasteiger partial charge in [-0.3, -0.25) is 4.79 Å². The zero-order valence-electron chi connectivity index (χ0n) is 11.9. The van der Waals surface area contributed by atoms with Gasteiger partial charge in [-0.2, -0.15) is 5.10 Å². The first kappa shape index (κ1) is 13.9. The van der Waals surface area contributed by atoms with Crippen molar-refractivity contribution in [2.75, 3.05) is 5.32 Å². The summed E-state index contributed by atoms with van der Waals surface area (Å²) in [7, 11) is 0. The molecule has 1 aromatic carbocycles. The van der Waals surface area contributed by atoms with E-state index < -0.39 is 0 Å². The van der Waals surface area contributed by atoms with Gasteiger partial charge in [0.25, 0.3) is 0 Å². The molecule has 5 nitrogen and oxygen atoms in total. The summed E-state index contributed by atoms with van der Waals surface area (Å²) < 4.78 is 14.7. The first-order valence-corrected chi connectivity index (χ1v) is 6.63. The Bertz CT molecular complexity index is 868. The lowest BCUT2D eigenvalue weighted by Gasteiger charge is -2.04. The topological polar surface area (TPSA) is 59.8 Å². The molecule has 1 amide bonds. The molecule has 0 radical (unpaired) electrons. The third kappa shape index (κ3) is 2.46. The fourth-order valence-corrected chi connectivity index (χ4v) is 2.17. The smallest absolute Gasteiger partial charge is 0.247 e. The molecule has 22 heavy (non-hydrogen) atoms. The summed E-state index contributed by atoms with van der Waals surface area (Å²) in [5, 5.41) is 7.90. The van der Waals surface area contributed by atoms with Crippen LogP contribution in [0.25, 0.3) is 16.7 Å². The van der Waals surface area contributed by atoms with Gasteiger partial charge in [-0.15, -0.1) is 0 Å². The molecule has 3 aromatic rings. The third-order valence-corrected chi connectivity index (χ3v) is 3.23. The van der Waals surface area contributed by atoms with Crippen LogP contribution in [0.15, 0.2) is 49.2 Å². The van der Waals surface area contributed by atoms with Crippen molar-refractivity contribution in [3.05, 3.63) is 60.7 Å². The Hall–Kier alpha value is -3.02. The minimum absolute atomic E-state index is 0.301. The van der Waals surface area contributed by atoms with Crippen LogP contribution in [0.1, 0.15) is 5.69 Å². The van der Waals surface area contributed by atoms with Crippen molar-refractivity contribution >= 4 is 22.6 Å². The van der Waals surface area contributed by atoms with Crippen molar-refractivity contribution in [2.45, 2.75) is 6.92 Å². The normalized spacial score (nSPS) is 10.6. The van der Waals surface area contributed by atoms with Gasteiger partial charge in [0.15, 0.2) is 5.65 Å². The number of fused-ring (bicyclic) bond motifs is 1. The predicted octanol–water partition coefficient (Wildman–Crippen LogP) is 2.99. The van der Waals surface area contributed by atoms with E-state index in [0.717, 1.165) is 16.8 Å². The van der Waals surface area contributed by atoms with Crippen LogP contribution in [0.5, 0.6) is 0 Å². The van der Waals surface area contributed by atoms with E-state index in [2.05, 4.69) is 22.0 Å². The van der Waals surface area contributed by atoms with Gasteiger partial charge < -0.3 is 5.32 Å². The Balaban J connectivity index is 2.09. The first-order valence-electron chi connectivity index (χ1n) is 6.63. The maximum atomic E-state index is 13.0. The van der Waals surface area contributed by atoms with Gasteiger partial charge in [0.05, 0.1) is 23.3 Å². The Kier molecular flexibility index (Phi) is 3.42. The van der Waals surface area contributed by atoms with E-state index in [9.17, 15) is 9.18 Å². The lowest BCUT2D eigenvalue weighted by Crippen LogP contribution is -2.07. The number of pyridine rings is 1. The van der Waals surface area contributed by atoms with E-state index in [1.54, 1.807) is 29.1 Å². The molecule has 3 rings (SSSR count). The zero-order chi connectivity index (χ0) is 15.7. The second-order valence-corrected chi connectivity index (χ2v) is 4.76. The van der Waals surface area contributed by atoms with Gasteiger partial charge in [0.1, 0.15) is 5.82 Å². The second kappa shape index (κ2) is 5.40. The van der Waals surface area contributed by atoms with Crippen molar-refractivity contribution in [1.82, 2.24) is 14.8 Å². The molecular formula is C16H13FN4O. The molecular weight excluding hydrogens is 283 g/mol. The van der Waals surface area contributed by atoms with E-state index in [0.29, 0.717) is 11.3 Å². The molecule has 2 aromatic heterocycles. The Morgan fingerprint density at radius 1 is 1.36 bits per heavy atom. The molecule has 0 saturated heterocycles. The number of amides is 1. The molecule has 0 spiro atoms. The molecule has 0 saturated carbocycles. The van der Waals surface area contributed by atoms with Gasteiger partial charge in [-0.25, -0.2) is 14.1 Å². The minimum Gasteiger partial charge on any atom is -0.321 e. The van der Waals surface area contributed by atoms with E-state index >= 15 is 0 Å². The Labute approximate surface area is 126 Å². The van der Waals surface area contributed by atoms with Crippen LogP contribution in [0.4, 0.5) is 10.1 Å². The molecule has 0 fully saturated rings. The molecule has 0 unspecified atom stereocenters. The standard InChI is InChI=1S/C16H13FN4O/c1-3-15(22)19-12-8-14-10(2)20-21(16(14)18-9-12)13-6-4-11(17)5-7-13/h3-9H,1H2,2H3,(H,19,22). The maximum absolute atomic E-state index is 13.0. The number of benzene rings is 1. The average molecular weight is 296 g/mol. The SMILES string of the molecule is C=CC(=O)Nc1cnc2c(c1)c(C)nn2-c1ccc(F)cc1. The van der Waals surface area contributed by atoms with Crippen LogP contribution in [0.3, 0.4) is 0 Å². The van der Waals surface area contributed by atoms with Crippen molar-refractivity contribution in [1.29, 1.82) is 0 Å². The highest BCUT2D eigenvalue weighted by Gasteiger charge is 2.11. The molecule has 0 bridgehead atoms. The lowest BCUT2D eigenvalue weighted by molar-refractivity contribution is -0.111. The van der Waals surface area contributed by atoms with Crippen molar-refractivity contribution in [3.8, 4) is 5.69 Å². The number of aryl methyl sites for hydroxylation is 1. The highest BCUT2D eigenvalue weighted by Crippen LogP contribution is 2.23. The fourth-order valence-electron chi connectivity index (χ4n) is 2.17. The first-order chi connectivity index (χ1) is 10.6. The quantitative estimate of drug-likeness (QED) is 0.756. The van der Waals surface area contributed by atoms with E-state index in [4.69, 9.17) is 0 Å². The van der Waals surface area contributed by atoms with Crippen LogP contribution in [-0.4, -0.2) is 20.7 Å². The summed E-state index contributed by atoms with van der Waals surface area (Å²) in [6.45, 7) is 5.26. The van der Waals surface area contributed by atoms with E-state index in [1.165, 1.54) is 18.2 Å². The monoisotopic (exact) mass is 296 g/mol. The second-order valence-electron chi connectivity index (χ2n) is 4.76. The predicted molar refractivity (Wildman–Crippen MR) is 82.4 cm³/mol. The van der Waals surface area contributed by atoms with Crippen molar-refractivity contribution in [2.24, 2.45) is 0 Å². The zero-order valence-corrected chi connectivity index (χ0v) is 11.9. The van der Waals surface area contributed by atoms with Gasteiger partial charge >= 0.3 is 0 Å². The molecule has 110 valence electrons. The highest BCUT2D eigenvalue weighted by atomic mass is 19.1. The Morgan fingerprint density at radius 3 is 2.77 bits per heavy atom. The number of halogens is 1. The maximum Gasteiger partial charge on any atom is 0.247 e. The highest BCUT2D eigenvalue weighted by molar-refractivity contribution is 6.00. The van der Waals surface area contributed by atoms with Crippen LogP contribution < -0.4 is 5.32 Å². The van der Waals surface area contributed by atoms with Crippen LogP contribution in [0.2, 0.25) is 0 Å². The summed E-state index contributed by atoms with van der Waals surface area (Å²) in [4.78, 5) is 15.7. The minimum atomic E-state index is -0.306. The van der Waals surface area contributed by atoms with Gasteiger partial charge in [-0.1, -0.05) is 6.58 Å². The van der Waals surface area contributed by atoms with E-state index in [-0.39, 0.29) is 11.7 Å². The molecule has 0 atom stereocenters. The summed E-state index contributed by atoms with van der Waals surface area (Å²) in [5.74, 6) is -0.607. The summed E-state index contributed by atoms with van der Waals surface area (Å²) in [6, 6.07) is 7.81. The fraction of sp³-hybridized carbons (Fsp3) is 0.0625. The number of aromatic nitrogens is 3.